The number of unbranched alkanes of at least 4 members (excludes halogenated alkanes) is 1. The first kappa shape index (κ1) is 17.8. The topological polar surface area (TPSA) is 98.1 Å². The zero-order valence-electron chi connectivity index (χ0n) is 15.8. The maximum Gasteiger partial charge on any atom is 0.180 e. The molecule has 0 atom stereocenters. The SMILES string of the molecule is CCCCc1nc(C2CCCCC2)nn1Cc1ccc(-c2nnn[nH]2)cn1. The van der Waals surface area contributed by atoms with Crippen molar-refractivity contribution in [1.82, 2.24) is 40.4 Å². The van der Waals surface area contributed by atoms with Gasteiger partial charge in [0.25, 0.3) is 0 Å². The van der Waals surface area contributed by atoms with Crippen molar-refractivity contribution in [2.45, 2.75) is 70.8 Å². The molecule has 142 valence electrons. The highest BCUT2D eigenvalue weighted by Gasteiger charge is 2.21. The Balaban J connectivity index is 1.53. The largest absolute Gasteiger partial charge is 0.259 e. The van der Waals surface area contributed by atoms with Crippen LogP contribution in [0.15, 0.2) is 18.3 Å². The van der Waals surface area contributed by atoms with Crippen LogP contribution < -0.4 is 0 Å². The monoisotopic (exact) mass is 366 g/mol. The molecule has 3 aromatic heterocycles. The van der Waals surface area contributed by atoms with Crippen molar-refractivity contribution < 1.29 is 0 Å². The average Bonchev–Trinajstić information content (AvgIpc) is 3.38. The minimum atomic E-state index is 0.523. The summed E-state index contributed by atoms with van der Waals surface area (Å²) in [6.45, 7) is 2.86. The number of tetrazole rings is 1. The summed E-state index contributed by atoms with van der Waals surface area (Å²) in [7, 11) is 0. The number of H-pyrrole nitrogens is 1. The van der Waals surface area contributed by atoms with Crippen molar-refractivity contribution in [3.05, 3.63) is 35.7 Å². The van der Waals surface area contributed by atoms with Gasteiger partial charge < -0.3 is 0 Å². The number of aromatic nitrogens is 8. The van der Waals surface area contributed by atoms with Crippen molar-refractivity contribution >= 4 is 0 Å². The van der Waals surface area contributed by atoms with Crippen molar-refractivity contribution in [2.75, 3.05) is 0 Å². The van der Waals surface area contributed by atoms with E-state index in [4.69, 9.17) is 10.1 Å². The molecular weight excluding hydrogens is 340 g/mol. The lowest BCUT2D eigenvalue weighted by Gasteiger charge is -2.18. The van der Waals surface area contributed by atoms with Gasteiger partial charge in [0.05, 0.1) is 12.2 Å². The number of pyridine rings is 1. The molecule has 0 spiro atoms. The van der Waals surface area contributed by atoms with Crippen LogP contribution in [0.25, 0.3) is 11.4 Å². The molecule has 3 heterocycles. The van der Waals surface area contributed by atoms with Gasteiger partial charge in [-0.1, -0.05) is 32.6 Å². The number of aryl methyl sites for hydroxylation is 1. The van der Waals surface area contributed by atoms with E-state index in [9.17, 15) is 0 Å². The second-order valence-electron chi connectivity index (χ2n) is 7.27. The molecule has 0 saturated heterocycles. The van der Waals surface area contributed by atoms with E-state index in [2.05, 4.69) is 37.2 Å². The van der Waals surface area contributed by atoms with E-state index < -0.39 is 0 Å². The molecule has 4 rings (SSSR count). The lowest BCUT2D eigenvalue weighted by Crippen LogP contribution is -2.09. The minimum Gasteiger partial charge on any atom is -0.259 e. The van der Waals surface area contributed by atoms with Gasteiger partial charge in [-0.25, -0.2) is 14.8 Å². The molecule has 1 N–H and O–H groups in total. The van der Waals surface area contributed by atoms with Crippen LogP contribution in [-0.4, -0.2) is 40.4 Å². The van der Waals surface area contributed by atoms with Gasteiger partial charge in [0.1, 0.15) is 5.82 Å². The Bertz CT molecular complexity index is 831. The maximum atomic E-state index is 4.92. The molecule has 27 heavy (non-hydrogen) atoms. The van der Waals surface area contributed by atoms with Gasteiger partial charge >= 0.3 is 0 Å². The summed E-state index contributed by atoms with van der Waals surface area (Å²) in [6, 6.07) is 3.98. The highest BCUT2D eigenvalue weighted by Crippen LogP contribution is 2.31. The summed E-state index contributed by atoms with van der Waals surface area (Å²) in [6.07, 6.45) is 11.4. The molecule has 1 fully saturated rings. The summed E-state index contributed by atoms with van der Waals surface area (Å²) >= 11 is 0. The van der Waals surface area contributed by atoms with E-state index in [-0.39, 0.29) is 0 Å². The van der Waals surface area contributed by atoms with E-state index in [0.717, 1.165) is 42.2 Å². The third kappa shape index (κ3) is 4.20. The van der Waals surface area contributed by atoms with Gasteiger partial charge in [0.2, 0.25) is 0 Å². The molecule has 1 aliphatic carbocycles. The van der Waals surface area contributed by atoms with Gasteiger partial charge in [0.15, 0.2) is 11.6 Å². The third-order valence-electron chi connectivity index (χ3n) is 5.24. The lowest BCUT2D eigenvalue weighted by atomic mass is 9.89. The van der Waals surface area contributed by atoms with E-state index in [0.29, 0.717) is 18.3 Å². The van der Waals surface area contributed by atoms with Gasteiger partial charge in [-0.15, -0.1) is 5.10 Å². The summed E-state index contributed by atoms with van der Waals surface area (Å²) in [4.78, 5) is 9.49. The number of rotatable bonds is 7. The molecule has 0 aromatic carbocycles. The molecule has 8 nitrogen and oxygen atoms in total. The molecule has 0 aliphatic heterocycles. The Morgan fingerprint density at radius 3 is 2.78 bits per heavy atom. The second-order valence-corrected chi connectivity index (χ2v) is 7.27. The van der Waals surface area contributed by atoms with Crippen LogP contribution in [0, 0.1) is 0 Å². The molecule has 0 radical (unpaired) electrons. The molecule has 0 amide bonds. The summed E-state index contributed by atoms with van der Waals surface area (Å²) in [5.41, 5.74) is 1.83. The van der Waals surface area contributed by atoms with Gasteiger partial charge in [0, 0.05) is 24.1 Å². The van der Waals surface area contributed by atoms with Crippen LogP contribution >= 0.6 is 0 Å². The molecule has 8 heteroatoms. The van der Waals surface area contributed by atoms with Gasteiger partial charge in [-0.2, -0.15) is 5.10 Å². The highest BCUT2D eigenvalue weighted by molar-refractivity contribution is 5.51. The molecule has 1 aliphatic rings. The Labute approximate surface area is 158 Å². The fraction of sp³-hybridized carbons (Fsp3) is 0.579. The average molecular weight is 366 g/mol. The van der Waals surface area contributed by atoms with Crippen molar-refractivity contribution in [3.63, 3.8) is 0 Å². The summed E-state index contributed by atoms with van der Waals surface area (Å²) < 4.78 is 2.05. The molecule has 1 saturated carbocycles. The van der Waals surface area contributed by atoms with Crippen LogP contribution in [-0.2, 0) is 13.0 Å². The van der Waals surface area contributed by atoms with Crippen molar-refractivity contribution in [2.24, 2.45) is 0 Å². The first-order valence-electron chi connectivity index (χ1n) is 9.96. The summed E-state index contributed by atoms with van der Waals surface area (Å²) in [5.74, 6) is 3.26. The second kappa shape index (κ2) is 8.37. The first-order chi connectivity index (χ1) is 13.3. The highest BCUT2D eigenvalue weighted by atomic mass is 15.5. The standard InChI is InChI=1S/C19H26N8/c1-2-3-9-17-21-18(14-7-5-4-6-8-14)24-27(17)13-16-11-10-15(12-20-16)19-22-25-26-23-19/h10-12,14H,2-9,13H2,1H3,(H,22,23,25,26). The van der Waals surface area contributed by atoms with E-state index >= 15 is 0 Å². The van der Waals surface area contributed by atoms with Gasteiger partial charge in [-0.3, -0.25) is 4.98 Å². The zero-order chi connectivity index (χ0) is 18.5. The number of hydrogen-bond donors (Lipinski definition) is 1. The number of nitrogens with zero attached hydrogens (tertiary/aromatic N) is 7. The quantitative estimate of drug-likeness (QED) is 0.689. The number of aromatic amines is 1. The number of hydrogen-bond acceptors (Lipinski definition) is 6. The van der Waals surface area contributed by atoms with E-state index in [1.165, 1.54) is 32.1 Å². The van der Waals surface area contributed by atoms with Crippen LogP contribution in [0.4, 0.5) is 0 Å². The third-order valence-corrected chi connectivity index (χ3v) is 5.24. The van der Waals surface area contributed by atoms with E-state index in [1.54, 1.807) is 6.20 Å². The predicted molar refractivity (Wildman–Crippen MR) is 101 cm³/mol. The molecular formula is C19H26N8. The molecule has 0 bridgehead atoms. The Kier molecular flexibility index (Phi) is 5.50. The van der Waals surface area contributed by atoms with Crippen LogP contribution in [0.1, 0.15) is 75.1 Å². The Hall–Kier alpha value is -2.64. The minimum absolute atomic E-state index is 0.523. The van der Waals surface area contributed by atoms with E-state index in [1.807, 2.05) is 12.1 Å². The van der Waals surface area contributed by atoms with Crippen LogP contribution in [0.3, 0.4) is 0 Å². The van der Waals surface area contributed by atoms with Gasteiger partial charge in [-0.05, 0) is 41.8 Å². The summed E-state index contributed by atoms with van der Waals surface area (Å²) in [5, 5.41) is 18.8. The first-order valence-corrected chi connectivity index (χ1v) is 9.96. The van der Waals surface area contributed by atoms with Crippen molar-refractivity contribution in [1.29, 1.82) is 0 Å². The molecule has 0 unspecified atom stereocenters. The number of nitrogens with one attached hydrogen (secondary N) is 1. The predicted octanol–water partition coefficient (Wildman–Crippen LogP) is 3.29. The zero-order valence-corrected chi connectivity index (χ0v) is 15.8. The Morgan fingerprint density at radius 1 is 1.19 bits per heavy atom. The normalized spacial score (nSPS) is 15.3. The van der Waals surface area contributed by atoms with Crippen molar-refractivity contribution in [3.8, 4) is 11.4 Å². The smallest absolute Gasteiger partial charge is 0.180 e. The maximum absolute atomic E-state index is 4.92. The van der Waals surface area contributed by atoms with Crippen LogP contribution in [0.2, 0.25) is 0 Å². The molecule has 3 aromatic rings. The fourth-order valence-corrected chi connectivity index (χ4v) is 3.67. The fourth-order valence-electron chi connectivity index (χ4n) is 3.67. The Morgan fingerprint density at radius 2 is 2.07 bits per heavy atom. The van der Waals surface area contributed by atoms with Crippen LogP contribution in [0.5, 0.6) is 0 Å². The lowest BCUT2D eigenvalue weighted by molar-refractivity contribution is 0.426.